The van der Waals surface area contributed by atoms with Gasteiger partial charge in [-0.2, -0.15) is 12.7 Å². The third-order valence-corrected chi connectivity index (χ3v) is 5.60. The summed E-state index contributed by atoms with van der Waals surface area (Å²) in [5.41, 5.74) is 3.15. The van der Waals surface area contributed by atoms with E-state index in [-0.39, 0.29) is 25.0 Å². The molecule has 3 atom stereocenters. The van der Waals surface area contributed by atoms with Crippen LogP contribution in [-0.2, 0) is 10.2 Å². The minimum atomic E-state index is -3.79. The van der Waals surface area contributed by atoms with E-state index >= 15 is 0 Å². The number of nitrogens with zero attached hydrogens (tertiary/aromatic N) is 3. The molecule has 3 heterocycles. The highest BCUT2D eigenvalue weighted by Gasteiger charge is 2.44. The van der Waals surface area contributed by atoms with Crippen LogP contribution in [0, 0.1) is 5.92 Å². The van der Waals surface area contributed by atoms with E-state index in [0.29, 0.717) is 0 Å². The van der Waals surface area contributed by atoms with Gasteiger partial charge in [-0.25, -0.2) is 10.1 Å². The number of rotatable bonds is 2. The van der Waals surface area contributed by atoms with Crippen molar-refractivity contribution in [2.24, 2.45) is 11.1 Å². The summed E-state index contributed by atoms with van der Waals surface area (Å²) in [5, 5.41) is 15.6. The quantitative estimate of drug-likeness (QED) is 0.810. The lowest BCUT2D eigenvalue weighted by atomic mass is 9.90. The van der Waals surface area contributed by atoms with Crippen LogP contribution in [0.2, 0.25) is 0 Å². The smallest absolute Gasteiger partial charge is 0.277 e. The van der Waals surface area contributed by atoms with Crippen LogP contribution in [-0.4, -0.2) is 46.6 Å². The second-order valence-electron chi connectivity index (χ2n) is 5.81. The van der Waals surface area contributed by atoms with Crippen molar-refractivity contribution < 1.29 is 13.5 Å². The fourth-order valence-electron chi connectivity index (χ4n) is 3.60. The number of benzene rings is 1. The predicted octanol–water partition coefficient (Wildman–Crippen LogP) is -0.0509. The highest BCUT2D eigenvalue weighted by atomic mass is 32.2. The van der Waals surface area contributed by atoms with Gasteiger partial charge in [0.25, 0.3) is 10.2 Å². The highest BCUT2D eigenvalue weighted by molar-refractivity contribution is 7.86. The highest BCUT2D eigenvalue weighted by Crippen LogP contribution is 2.45. The van der Waals surface area contributed by atoms with Gasteiger partial charge >= 0.3 is 0 Å². The van der Waals surface area contributed by atoms with Crippen molar-refractivity contribution in [2.75, 3.05) is 13.1 Å². The van der Waals surface area contributed by atoms with Gasteiger partial charge in [-0.15, -0.1) is 0 Å². The van der Waals surface area contributed by atoms with Gasteiger partial charge in [0.1, 0.15) is 0 Å². The average Bonchev–Trinajstić information content (AvgIpc) is 3.12. The molecule has 2 aromatic rings. The zero-order chi connectivity index (χ0) is 15.5. The first-order chi connectivity index (χ1) is 10.5. The normalized spacial score (nSPS) is 27.8. The van der Waals surface area contributed by atoms with Crippen LogP contribution in [0.3, 0.4) is 0 Å². The van der Waals surface area contributed by atoms with E-state index in [9.17, 15) is 13.5 Å². The SMILES string of the molecule is NS(=O)(=O)N1C[C@@H]([C@@H]2c3ccccc3-c3cncn32)[C@H](O)C1. The second kappa shape index (κ2) is 4.63. The minimum Gasteiger partial charge on any atom is -0.391 e. The van der Waals surface area contributed by atoms with E-state index in [0.717, 1.165) is 21.1 Å². The Kier molecular flexibility index (Phi) is 2.92. The number of hydrogen-bond acceptors (Lipinski definition) is 4. The Morgan fingerprint density at radius 1 is 1.27 bits per heavy atom. The van der Waals surface area contributed by atoms with E-state index in [2.05, 4.69) is 4.98 Å². The number of nitrogens with two attached hydrogens (primary N) is 1. The van der Waals surface area contributed by atoms with Crippen molar-refractivity contribution in [3.63, 3.8) is 0 Å². The Bertz CT molecular complexity index is 832. The number of β-amino-alcohol motifs (C(OH)–C–C–N with tert-alkyl or cyclic N) is 1. The molecule has 22 heavy (non-hydrogen) atoms. The van der Waals surface area contributed by atoms with E-state index < -0.39 is 16.3 Å². The maximum atomic E-state index is 11.6. The van der Waals surface area contributed by atoms with Crippen LogP contribution in [0.25, 0.3) is 11.3 Å². The number of aromatic nitrogens is 2. The van der Waals surface area contributed by atoms with Crippen molar-refractivity contribution in [1.82, 2.24) is 13.9 Å². The summed E-state index contributed by atoms with van der Waals surface area (Å²) in [7, 11) is -3.79. The van der Waals surface area contributed by atoms with Crippen molar-refractivity contribution in [3.05, 3.63) is 42.4 Å². The first-order valence-electron chi connectivity index (χ1n) is 7.04. The minimum absolute atomic E-state index is 0.0339. The zero-order valence-electron chi connectivity index (χ0n) is 11.7. The summed E-state index contributed by atoms with van der Waals surface area (Å²) >= 11 is 0. The Morgan fingerprint density at radius 2 is 2.05 bits per heavy atom. The standard InChI is InChI=1S/C14H16N4O3S/c15-22(20,21)17-6-11(13(19)7-17)14-10-4-2-1-3-9(10)12-5-16-8-18(12)14/h1-5,8,11,13-14,19H,6-7H2,(H2,15,20,21)/t11-,13-,14+/m1/s1. The van der Waals surface area contributed by atoms with Gasteiger partial charge in [0.05, 0.1) is 30.4 Å². The Morgan fingerprint density at radius 3 is 2.77 bits per heavy atom. The van der Waals surface area contributed by atoms with Crippen molar-refractivity contribution in [1.29, 1.82) is 0 Å². The van der Waals surface area contributed by atoms with Crippen LogP contribution in [0.15, 0.2) is 36.8 Å². The summed E-state index contributed by atoms with van der Waals surface area (Å²) < 4.78 is 26.3. The number of aliphatic hydroxyl groups is 1. The molecule has 3 N–H and O–H groups in total. The van der Waals surface area contributed by atoms with Crippen LogP contribution in [0.5, 0.6) is 0 Å². The van der Waals surface area contributed by atoms with Crippen LogP contribution in [0.4, 0.5) is 0 Å². The lowest BCUT2D eigenvalue weighted by Crippen LogP contribution is -2.35. The molecule has 0 aliphatic carbocycles. The second-order valence-corrected chi connectivity index (χ2v) is 7.36. The zero-order valence-corrected chi connectivity index (χ0v) is 12.5. The van der Waals surface area contributed by atoms with Crippen LogP contribution >= 0.6 is 0 Å². The van der Waals surface area contributed by atoms with Crippen molar-refractivity contribution >= 4 is 10.2 Å². The molecule has 0 unspecified atom stereocenters. The molecule has 7 nitrogen and oxygen atoms in total. The number of imidazole rings is 1. The van der Waals surface area contributed by atoms with Gasteiger partial charge in [-0.05, 0) is 5.56 Å². The number of hydrogen-bond donors (Lipinski definition) is 2. The summed E-state index contributed by atoms with van der Waals surface area (Å²) in [6.45, 7) is 0.239. The van der Waals surface area contributed by atoms with E-state index in [1.807, 2.05) is 28.8 Å². The summed E-state index contributed by atoms with van der Waals surface area (Å²) in [6, 6.07) is 7.81. The van der Waals surface area contributed by atoms with E-state index in [1.165, 1.54) is 0 Å². The molecule has 8 heteroatoms. The first kappa shape index (κ1) is 13.9. The molecule has 0 amide bonds. The van der Waals surface area contributed by atoms with Gasteiger partial charge in [0.15, 0.2) is 0 Å². The maximum Gasteiger partial charge on any atom is 0.277 e. The average molecular weight is 320 g/mol. The van der Waals surface area contributed by atoms with Gasteiger partial charge in [-0.3, -0.25) is 0 Å². The molecule has 2 aliphatic rings. The molecule has 1 aromatic carbocycles. The third-order valence-electron chi connectivity index (χ3n) is 4.59. The monoisotopic (exact) mass is 320 g/mol. The Hall–Kier alpha value is -1.74. The Balaban J connectivity index is 1.78. The topological polar surface area (TPSA) is 101 Å². The van der Waals surface area contributed by atoms with E-state index in [1.54, 1.807) is 12.5 Å². The number of fused-ring (bicyclic) bond motifs is 3. The fraction of sp³-hybridized carbons (Fsp3) is 0.357. The molecular formula is C14H16N4O3S. The van der Waals surface area contributed by atoms with Crippen LogP contribution in [0.1, 0.15) is 11.6 Å². The largest absolute Gasteiger partial charge is 0.391 e. The summed E-state index contributed by atoms with van der Waals surface area (Å²) in [5.74, 6) is -0.255. The summed E-state index contributed by atoms with van der Waals surface area (Å²) in [4.78, 5) is 4.18. The maximum absolute atomic E-state index is 11.6. The molecule has 2 aliphatic heterocycles. The van der Waals surface area contributed by atoms with Crippen molar-refractivity contribution in [3.8, 4) is 11.3 Å². The van der Waals surface area contributed by atoms with Gasteiger partial charge < -0.3 is 9.67 Å². The van der Waals surface area contributed by atoms with Crippen molar-refractivity contribution in [2.45, 2.75) is 12.1 Å². The van der Waals surface area contributed by atoms with Gasteiger partial charge in [0, 0.05) is 24.6 Å². The van der Waals surface area contributed by atoms with Crippen LogP contribution < -0.4 is 5.14 Å². The molecular weight excluding hydrogens is 304 g/mol. The molecule has 0 radical (unpaired) electrons. The molecule has 1 saturated heterocycles. The fourth-order valence-corrected chi connectivity index (χ4v) is 4.34. The lowest BCUT2D eigenvalue weighted by molar-refractivity contribution is 0.126. The third kappa shape index (κ3) is 1.92. The molecule has 116 valence electrons. The molecule has 4 rings (SSSR count). The molecule has 0 bridgehead atoms. The molecule has 1 fully saturated rings. The lowest BCUT2D eigenvalue weighted by Gasteiger charge is -2.24. The molecule has 0 saturated carbocycles. The molecule has 1 aromatic heterocycles. The van der Waals surface area contributed by atoms with Gasteiger partial charge in [0.2, 0.25) is 0 Å². The molecule has 0 spiro atoms. The van der Waals surface area contributed by atoms with E-state index in [4.69, 9.17) is 5.14 Å². The number of aliphatic hydroxyl groups excluding tert-OH is 1. The first-order valence-corrected chi connectivity index (χ1v) is 8.54. The predicted molar refractivity (Wildman–Crippen MR) is 80.0 cm³/mol. The Labute approximate surface area is 128 Å². The van der Waals surface area contributed by atoms with Gasteiger partial charge in [-0.1, -0.05) is 24.3 Å². The summed E-state index contributed by atoms with van der Waals surface area (Å²) in [6.07, 6.45) is 2.76.